The number of aromatic nitrogens is 1. The number of thiazole rings is 1. The van der Waals surface area contributed by atoms with Crippen LogP contribution in [0.4, 0.5) is 10.1 Å². The van der Waals surface area contributed by atoms with Crippen molar-refractivity contribution in [3.63, 3.8) is 0 Å². The monoisotopic (exact) mass is 315 g/mol. The third kappa shape index (κ3) is 3.33. The van der Waals surface area contributed by atoms with E-state index in [1.807, 2.05) is 12.3 Å². The molecule has 0 unspecified atom stereocenters. The van der Waals surface area contributed by atoms with Crippen molar-refractivity contribution in [1.29, 1.82) is 0 Å². The molecular weight excluding hydrogens is 301 g/mol. The normalized spacial score (nSPS) is 11.7. The second kappa shape index (κ2) is 5.86. The summed E-state index contributed by atoms with van der Waals surface area (Å²) in [5.74, 6) is -0.747. The molecule has 0 aliphatic carbocycles. The van der Waals surface area contributed by atoms with E-state index in [0.717, 1.165) is 16.8 Å². The molecule has 0 saturated carbocycles. The van der Waals surface area contributed by atoms with Gasteiger partial charge in [-0.15, -0.1) is 11.3 Å². The summed E-state index contributed by atoms with van der Waals surface area (Å²) in [6.07, 6.45) is 0.471. The van der Waals surface area contributed by atoms with Crippen LogP contribution >= 0.6 is 11.3 Å². The Hall–Kier alpha value is -1.51. The van der Waals surface area contributed by atoms with Crippen LogP contribution in [0.15, 0.2) is 28.5 Å². The van der Waals surface area contributed by atoms with Crippen LogP contribution in [0, 0.1) is 12.7 Å². The standard InChI is InChI=1S/C12H14FN3O2S2/c1-8-16-9(7-19-8)5-6-15-20(17,18)11-4-2-3-10(13)12(11)14/h2-4,7,15H,5-6,14H2,1H3. The van der Waals surface area contributed by atoms with E-state index in [9.17, 15) is 12.8 Å². The first-order valence-corrected chi connectivity index (χ1v) is 8.21. The largest absolute Gasteiger partial charge is 0.395 e. The fourth-order valence-corrected chi connectivity index (χ4v) is 3.48. The Morgan fingerprint density at radius 1 is 1.45 bits per heavy atom. The van der Waals surface area contributed by atoms with Crippen LogP contribution in [0.2, 0.25) is 0 Å². The summed E-state index contributed by atoms with van der Waals surface area (Å²) < 4.78 is 39.7. The average molecular weight is 315 g/mol. The molecule has 108 valence electrons. The molecule has 0 aliphatic rings. The zero-order valence-electron chi connectivity index (χ0n) is 10.8. The van der Waals surface area contributed by atoms with E-state index in [1.165, 1.54) is 23.5 Å². The molecule has 1 aromatic heterocycles. The SMILES string of the molecule is Cc1nc(CCNS(=O)(=O)c2cccc(F)c2N)cs1. The Morgan fingerprint density at radius 3 is 2.85 bits per heavy atom. The first kappa shape index (κ1) is 14.9. The minimum atomic E-state index is -3.82. The van der Waals surface area contributed by atoms with Crippen molar-refractivity contribution in [2.24, 2.45) is 0 Å². The van der Waals surface area contributed by atoms with Crippen LogP contribution < -0.4 is 10.5 Å². The molecule has 0 radical (unpaired) electrons. The number of hydrogen-bond acceptors (Lipinski definition) is 5. The predicted molar refractivity (Wildman–Crippen MR) is 76.6 cm³/mol. The number of para-hydroxylation sites is 1. The highest BCUT2D eigenvalue weighted by Gasteiger charge is 2.18. The molecule has 0 atom stereocenters. The lowest BCUT2D eigenvalue weighted by atomic mass is 10.3. The molecule has 0 aliphatic heterocycles. The number of sulfonamides is 1. The molecule has 20 heavy (non-hydrogen) atoms. The van der Waals surface area contributed by atoms with Gasteiger partial charge in [-0.1, -0.05) is 6.07 Å². The molecule has 0 fully saturated rings. The lowest BCUT2D eigenvalue weighted by molar-refractivity contribution is 0.579. The van der Waals surface area contributed by atoms with Crippen molar-refractivity contribution in [1.82, 2.24) is 9.71 Å². The maximum absolute atomic E-state index is 13.3. The van der Waals surface area contributed by atoms with Crippen LogP contribution in [0.1, 0.15) is 10.7 Å². The van der Waals surface area contributed by atoms with Gasteiger partial charge >= 0.3 is 0 Å². The highest BCUT2D eigenvalue weighted by molar-refractivity contribution is 7.89. The summed E-state index contributed by atoms with van der Waals surface area (Å²) in [4.78, 5) is 3.99. The number of hydrogen-bond donors (Lipinski definition) is 2. The van der Waals surface area contributed by atoms with Gasteiger partial charge in [0.15, 0.2) is 0 Å². The number of benzene rings is 1. The summed E-state index contributed by atoms with van der Waals surface area (Å²) in [6.45, 7) is 2.06. The van der Waals surface area contributed by atoms with Crippen molar-refractivity contribution in [2.45, 2.75) is 18.2 Å². The van der Waals surface area contributed by atoms with E-state index in [4.69, 9.17) is 5.73 Å². The van der Waals surface area contributed by atoms with E-state index in [2.05, 4.69) is 9.71 Å². The van der Waals surface area contributed by atoms with Gasteiger partial charge < -0.3 is 5.73 Å². The molecule has 8 heteroatoms. The maximum Gasteiger partial charge on any atom is 0.242 e. The molecule has 5 nitrogen and oxygen atoms in total. The fraction of sp³-hybridized carbons (Fsp3) is 0.250. The second-order valence-electron chi connectivity index (χ2n) is 4.16. The molecule has 2 rings (SSSR count). The van der Waals surface area contributed by atoms with Gasteiger partial charge in [-0.25, -0.2) is 22.5 Å². The summed E-state index contributed by atoms with van der Waals surface area (Å²) in [5, 5.41) is 2.80. The predicted octanol–water partition coefficient (Wildman–Crippen LogP) is 1.69. The van der Waals surface area contributed by atoms with Gasteiger partial charge in [0.05, 0.1) is 16.4 Å². The van der Waals surface area contributed by atoms with E-state index >= 15 is 0 Å². The Morgan fingerprint density at radius 2 is 2.20 bits per heavy atom. The zero-order chi connectivity index (χ0) is 14.8. The number of rotatable bonds is 5. The number of nitrogens with two attached hydrogens (primary N) is 1. The number of nitrogens with one attached hydrogen (secondary N) is 1. The van der Waals surface area contributed by atoms with Crippen molar-refractivity contribution in [3.8, 4) is 0 Å². The maximum atomic E-state index is 13.3. The number of nitrogen functional groups attached to an aromatic ring is 1. The molecule has 3 N–H and O–H groups in total. The molecule has 0 saturated heterocycles. The average Bonchev–Trinajstić information content (AvgIpc) is 2.78. The highest BCUT2D eigenvalue weighted by Crippen LogP contribution is 2.20. The van der Waals surface area contributed by atoms with Gasteiger partial charge in [0.25, 0.3) is 0 Å². The van der Waals surface area contributed by atoms with Crippen LogP contribution in [-0.2, 0) is 16.4 Å². The van der Waals surface area contributed by atoms with Crippen molar-refractivity contribution in [2.75, 3.05) is 12.3 Å². The third-order valence-corrected chi connectivity index (χ3v) is 4.98. The molecule has 2 aromatic rings. The van der Waals surface area contributed by atoms with Crippen LogP contribution in [0.5, 0.6) is 0 Å². The first-order chi connectivity index (χ1) is 9.40. The Bertz CT molecular complexity index is 713. The number of nitrogens with zero attached hydrogens (tertiary/aromatic N) is 1. The third-order valence-electron chi connectivity index (χ3n) is 2.64. The Kier molecular flexibility index (Phi) is 4.36. The fourth-order valence-electron chi connectivity index (χ4n) is 1.67. The van der Waals surface area contributed by atoms with Gasteiger partial charge in [0.1, 0.15) is 10.7 Å². The quantitative estimate of drug-likeness (QED) is 0.822. The summed E-state index contributed by atoms with van der Waals surface area (Å²) in [7, 11) is -3.82. The van der Waals surface area contributed by atoms with Crippen molar-refractivity contribution >= 4 is 27.0 Å². The van der Waals surface area contributed by atoms with Crippen LogP contribution in [-0.4, -0.2) is 19.9 Å². The first-order valence-electron chi connectivity index (χ1n) is 5.85. The Balaban J connectivity index is 2.06. The molecular formula is C12H14FN3O2S2. The topological polar surface area (TPSA) is 85.1 Å². The van der Waals surface area contributed by atoms with Gasteiger partial charge in [0.2, 0.25) is 10.0 Å². The Labute approximate surface area is 120 Å². The summed E-state index contributed by atoms with van der Waals surface area (Å²) in [5.41, 5.74) is 5.90. The summed E-state index contributed by atoms with van der Waals surface area (Å²) in [6, 6.07) is 3.70. The molecule has 0 amide bonds. The van der Waals surface area contributed by atoms with Gasteiger partial charge in [-0.2, -0.15) is 0 Å². The molecule has 1 aromatic carbocycles. The van der Waals surface area contributed by atoms with E-state index in [0.29, 0.717) is 6.42 Å². The summed E-state index contributed by atoms with van der Waals surface area (Å²) >= 11 is 1.51. The number of anilines is 1. The van der Waals surface area contributed by atoms with Crippen molar-refractivity contribution in [3.05, 3.63) is 40.1 Å². The zero-order valence-corrected chi connectivity index (χ0v) is 12.4. The van der Waals surface area contributed by atoms with Crippen LogP contribution in [0.3, 0.4) is 0 Å². The minimum absolute atomic E-state index is 0.182. The lowest BCUT2D eigenvalue weighted by Crippen LogP contribution is -2.27. The van der Waals surface area contributed by atoms with E-state index in [1.54, 1.807) is 0 Å². The van der Waals surface area contributed by atoms with Gasteiger partial charge in [0, 0.05) is 18.3 Å². The van der Waals surface area contributed by atoms with Crippen molar-refractivity contribution < 1.29 is 12.8 Å². The van der Waals surface area contributed by atoms with E-state index < -0.39 is 15.8 Å². The van der Waals surface area contributed by atoms with Gasteiger partial charge in [-0.3, -0.25) is 0 Å². The van der Waals surface area contributed by atoms with E-state index in [-0.39, 0.29) is 17.1 Å². The second-order valence-corrected chi connectivity index (χ2v) is 6.95. The number of aryl methyl sites for hydroxylation is 1. The van der Waals surface area contributed by atoms with Crippen LogP contribution in [0.25, 0.3) is 0 Å². The number of halogens is 1. The minimum Gasteiger partial charge on any atom is -0.395 e. The molecule has 0 spiro atoms. The molecule has 1 heterocycles. The smallest absolute Gasteiger partial charge is 0.242 e. The molecule has 0 bridgehead atoms. The van der Waals surface area contributed by atoms with Gasteiger partial charge in [-0.05, 0) is 19.1 Å². The highest BCUT2D eigenvalue weighted by atomic mass is 32.2. The lowest BCUT2D eigenvalue weighted by Gasteiger charge is -2.08.